The lowest BCUT2D eigenvalue weighted by atomic mass is 9.97. The minimum Gasteiger partial charge on any atom is -0.355 e. The monoisotopic (exact) mass is 329 g/mol. The van der Waals surface area contributed by atoms with E-state index in [1.54, 1.807) is 17.7 Å². The number of aromatic nitrogens is 4. The first-order chi connectivity index (χ1) is 11.2. The van der Waals surface area contributed by atoms with Crippen molar-refractivity contribution in [2.75, 3.05) is 18.0 Å². The Labute approximate surface area is 138 Å². The highest BCUT2D eigenvalue weighted by atomic mass is 32.1. The number of nitrogens with zero attached hydrogens (tertiary/aromatic N) is 5. The Hall–Kier alpha value is -2.02. The molecular formula is C16H19N5OS. The van der Waals surface area contributed by atoms with Crippen molar-refractivity contribution in [1.29, 1.82) is 0 Å². The van der Waals surface area contributed by atoms with Gasteiger partial charge in [0.15, 0.2) is 5.82 Å². The normalized spacial score (nSPS) is 18.7. The fourth-order valence-electron chi connectivity index (χ4n) is 3.18. The average Bonchev–Trinajstić information content (AvgIpc) is 3.20. The molecule has 7 heteroatoms. The summed E-state index contributed by atoms with van der Waals surface area (Å²) in [7, 11) is 0. The Bertz CT molecular complexity index is 827. The number of aryl methyl sites for hydroxylation is 2. The molecule has 1 fully saturated rings. The molecule has 0 aliphatic carbocycles. The Kier molecular flexibility index (Phi) is 3.72. The maximum Gasteiger partial charge on any atom is 0.223 e. The molecule has 1 aliphatic heterocycles. The lowest BCUT2D eigenvalue weighted by Crippen LogP contribution is -2.35. The van der Waals surface area contributed by atoms with Gasteiger partial charge in [-0.15, -0.1) is 11.3 Å². The van der Waals surface area contributed by atoms with Crippen molar-refractivity contribution in [2.45, 2.75) is 39.0 Å². The average molecular weight is 329 g/mol. The van der Waals surface area contributed by atoms with E-state index in [0.29, 0.717) is 11.8 Å². The maximum atomic E-state index is 5.14. The zero-order chi connectivity index (χ0) is 15.8. The van der Waals surface area contributed by atoms with Crippen LogP contribution in [-0.4, -0.2) is 33.2 Å². The third kappa shape index (κ3) is 2.69. The third-order valence-corrected chi connectivity index (χ3v) is 5.52. The highest BCUT2D eigenvalue weighted by molar-refractivity contribution is 7.18. The third-order valence-electron chi connectivity index (χ3n) is 4.34. The van der Waals surface area contributed by atoms with E-state index in [4.69, 9.17) is 4.52 Å². The van der Waals surface area contributed by atoms with Gasteiger partial charge in [-0.05, 0) is 25.3 Å². The van der Waals surface area contributed by atoms with Gasteiger partial charge in [0.1, 0.15) is 17.0 Å². The van der Waals surface area contributed by atoms with Crippen LogP contribution in [0.25, 0.3) is 10.2 Å². The topological polar surface area (TPSA) is 67.9 Å². The summed E-state index contributed by atoms with van der Waals surface area (Å²) in [6, 6.07) is 2.23. The van der Waals surface area contributed by atoms with Crippen LogP contribution in [0, 0.1) is 6.92 Å². The molecule has 0 saturated carbocycles. The van der Waals surface area contributed by atoms with Crippen molar-refractivity contribution in [3.05, 3.63) is 29.0 Å². The first kappa shape index (κ1) is 14.6. The second-order valence-electron chi connectivity index (χ2n) is 5.94. The van der Waals surface area contributed by atoms with Crippen LogP contribution in [0.3, 0.4) is 0 Å². The summed E-state index contributed by atoms with van der Waals surface area (Å²) in [5, 5.41) is 5.27. The van der Waals surface area contributed by atoms with E-state index in [1.807, 2.05) is 6.92 Å². The molecule has 0 radical (unpaired) electrons. The van der Waals surface area contributed by atoms with Crippen LogP contribution < -0.4 is 4.90 Å². The van der Waals surface area contributed by atoms with Crippen LogP contribution >= 0.6 is 11.3 Å². The van der Waals surface area contributed by atoms with E-state index in [2.05, 4.69) is 38.0 Å². The molecule has 0 unspecified atom stereocenters. The quantitative estimate of drug-likeness (QED) is 0.734. The minimum absolute atomic E-state index is 0.301. The minimum atomic E-state index is 0.301. The number of thiophene rings is 1. The van der Waals surface area contributed by atoms with Gasteiger partial charge in [-0.25, -0.2) is 9.97 Å². The predicted molar refractivity (Wildman–Crippen MR) is 90.0 cm³/mol. The van der Waals surface area contributed by atoms with E-state index >= 15 is 0 Å². The van der Waals surface area contributed by atoms with E-state index in [1.165, 1.54) is 10.3 Å². The van der Waals surface area contributed by atoms with Crippen LogP contribution in [-0.2, 0) is 6.42 Å². The Morgan fingerprint density at radius 2 is 2.30 bits per heavy atom. The van der Waals surface area contributed by atoms with Gasteiger partial charge in [-0.2, -0.15) is 4.98 Å². The van der Waals surface area contributed by atoms with E-state index in [9.17, 15) is 0 Å². The molecule has 23 heavy (non-hydrogen) atoms. The van der Waals surface area contributed by atoms with Gasteiger partial charge in [-0.1, -0.05) is 12.1 Å². The lowest BCUT2D eigenvalue weighted by molar-refractivity contribution is 0.377. The van der Waals surface area contributed by atoms with Crippen LogP contribution in [0.2, 0.25) is 0 Å². The summed E-state index contributed by atoms with van der Waals surface area (Å²) in [4.78, 5) is 18.2. The number of piperidine rings is 1. The molecule has 4 heterocycles. The van der Waals surface area contributed by atoms with Crippen molar-refractivity contribution in [1.82, 2.24) is 20.1 Å². The standard InChI is InChI=1S/C16H19N5OS/c1-3-12-7-13-15(17-9-18-16(13)23-12)21-6-4-5-11(8-21)14-19-10(2)22-20-14/h7,9,11H,3-6,8H2,1-2H3/t11-/m0/s1. The summed E-state index contributed by atoms with van der Waals surface area (Å²) in [5.74, 6) is 2.79. The molecule has 1 saturated heterocycles. The van der Waals surface area contributed by atoms with Gasteiger partial charge in [0.2, 0.25) is 5.89 Å². The van der Waals surface area contributed by atoms with E-state index < -0.39 is 0 Å². The van der Waals surface area contributed by atoms with Crippen LogP contribution in [0.1, 0.15) is 42.3 Å². The van der Waals surface area contributed by atoms with E-state index in [0.717, 1.165) is 48.8 Å². The van der Waals surface area contributed by atoms with Crippen LogP contribution in [0.5, 0.6) is 0 Å². The molecule has 1 aliphatic rings. The van der Waals surface area contributed by atoms with Crippen molar-refractivity contribution >= 4 is 27.4 Å². The second-order valence-corrected chi connectivity index (χ2v) is 7.05. The summed E-state index contributed by atoms with van der Waals surface area (Å²) < 4.78 is 5.14. The Morgan fingerprint density at radius 3 is 3.09 bits per heavy atom. The molecular weight excluding hydrogens is 310 g/mol. The zero-order valence-electron chi connectivity index (χ0n) is 13.3. The van der Waals surface area contributed by atoms with Gasteiger partial charge in [0.05, 0.1) is 5.39 Å². The number of rotatable bonds is 3. The fourth-order valence-corrected chi connectivity index (χ4v) is 4.11. The summed E-state index contributed by atoms with van der Waals surface area (Å²) >= 11 is 1.76. The molecule has 3 aromatic heterocycles. The molecule has 0 amide bonds. The molecule has 4 rings (SSSR count). The largest absolute Gasteiger partial charge is 0.355 e. The van der Waals surface area contributed by atoms with Gasteiger partial charge in [-0.3, -0.25) is 0 Å². The molecule has 0 spiro atoms. The molecule has 1 atom stereocenters. The van der Waals surface area contributed by atoms with Gasteiger partial charge in [0.25, 0.3) is 0 Å². The van der Waals surface area contributed by atoms with E-state index in [-0.39, 0.29) is 0 Å². The Morgan fingerprint density at radius 1 is 1.39 bits per heavy atom. The molecule has 0 N–H and O–H groups in total. The molecule has 0 bridgehead atoms. The SMILES string of the molecule is CCc1cc2c(N3CCC[C@H](c4noc(C)n4)C3)ncnc2s1. The van der Waals surface area contributed by atoms with Gasteiger partial charge in [0, 0.05) is 30.8 Å². The first-order valence-corrected chi connectivity index (χ1v) is 8.85. The van der Waals surface area contributed by atoms with Gasteiger partial charge < -0.3 is 9.42 Å². The molecule has 3 aromatic rings. The molecule has 0 aromatic carbocycles. The fraction of sp³-hybridized carbons (Fsp3) is 0.500. The zero-order valence-corrected chi connectivity index (χ0v) is 14.1. The van der Waals surface area contributed by atoms with Crippen molar-refractivity contribution in [2.24, 2.45) is 0 Å². The predicted octanol–water partition coefficient (Wildman–Crippen LogP) is 3.33. The van der Waals surface area contributed by atoms with Crippen LogP contribution in [0.15, 0.2) is 16.9 Å². The van der Waals surface area contributed by atoms with Gasteiger partial charge >= 0.3 is 0 Å². The highest BCUT2D eigenvalue weighted by Crippen LogP contribution is 2.34. The Balaban J connectivity index is 1.66. The van der Waals surface area contributed by atoms with Crippen molar-refractivity contribution in [3.8, 4) is 0 Å². The second kappa shape index (κ2) is 5.88. The molecule has 6 nitrogen and oxygen atoms in total. The number of anilines is 1. The summed E-state index contributed by atoms with van der Waals surface area (Å²) in [6.45, 7) is 5.90. The molecule has 120 valence electrons. The van der Waals surface area contributed by atoms with Crippen LogP contribution in [0.4, 0.5) is 5.82 Å². The maximum absolute atomic E-state index is 5.14. The number of hydrogen-bond donors (Lipinski definition) is 0. The van der Waals surface area contributed by atoms with Crippen molar-refractivity contribution in [3.63, 3.8) is 0 Å². The summed E-state index contributed by atoms with van der Waals surface area (Å²) in [6.07, 6.45) is 4.91. The van der Waals surface area contributed by atoms with Crippen molar-refractivity contribution < 1.29 is 4.52 Å². The lowest BCUT2D eigenvalue weighted by Gasteiger charge is -2.32. The number of hydrogen-bond acceptors (Lipinski definition) is 7. The summed E-state index contributed by atoms with van der Waals surface area (Å²) in [5.41, 5.74) is 0. The number of fused-ring (bicyclic) bond motifs is 1. The smallest absolute Gasteiger partial charge is 0.223 e. The first-order valence-electron chi connectivity index (χ1n) is 8.03. The highest BCUT2D eigenvalue weighted by Gasteiger charge is 2.27.